The Morgan fingerprint density at radius 1 is 1.02 bits per heavy atom. The summed E-state index contributed by atoms with van der Waals surface area (Å²) in [6, 6.07) is 21.1. The molecule has 0 saturated carbocycles. The molecule has 4 aromatic heterocycles. The first-order chi connectivity index (χ1) is 19.5. The van der Waals surface area contributed by atoms with Crippen LogP contribution in [-0.2, 0) is 6.42 Å². The van der Waals surface area contributed by atoms with Crippen molar-refractivity contribution in [3.63, 3.8) is 0 Å². The third-order valence-electron chi connectivity index (χ3n) is 7.01. The highest BCUT2D eigenvalue weighted by molar-refractivity contribution is 7.13. The number of aryl methyl sites for hydroxylation is 3. The summed E-state index contributed by atoms with van der Waals surface area (Å²) in [5, 5.41) is 7.83. The van der Waals surface area contributed by atoms with Crippen LogP contribution in [0.15, 0.2) is 110 Å². The smallest absolute Gasteiger partial charge is 0.135 e. The first-order valence-corrected chi connectivity index (χ1v) is 14.3. The summed E-state index contributed by atoms with van der Waals surface area (Å²) in [7, 11) is 0. The maximum atomic E-state index is 5.08. The van der Waals surface area contributed by atoms with E-state index in [1.165, 1.54) is 20.9 Å². The van der Waals surface area contributed by atoms with Gasteiger partial charge >= 0.3 is 0 Å². The van der Waals surface area contributed by atoms with Crippen molar-refractivity contribution in [2.24, 2.45) is 0 Å². The molecule has 4 heterocycles. The normalized spacial score (nSPS) is 12.7. The van der Waals surface area contributed by atoms with Gasteiger partial charge in [-0.05, 0) is 86.7 Å². The van der Waals surface area contributed by atoms with Crippen molar-refractivity contribution in [3.8, 4) is 11.4 Å². The summed E-state index contributed by atoms with van der Waals surface area (Å²) in [5.41, 5.74) is 11.3. The third kappa shape index (κ3) is 5.75. The van der Waals surface area contributed by atoms with E-state index in [2.05, 4.69) is 115 Å². The molecule has 1 aromatic carbocycles. The van der Waals surface area contributed by atoms with E-state index in [0.29, 0.717) is 0 Å². The van der Waals surface area contributed by atoms with Gasteiger partial charge in [0.15, 0.2) is 0 Å². The number of nitrogens with zero attached hydrogens (tertiary/aromatic N) is 2. The highest BCUT2D eigenvalue weighted by Gasteiger charge is 2.18. The van der Waals surface area contributed by atoms with Gasteiger partial charge in [0.05, 0.1) is 16.9 Å². The zero-order valence-corrected chi connectivity index (χ0v) is 24.1. The molecule has 0 spiro atoms. The second-order valence-electron chi connectivity index (χ2n) is 9.77. The Kier molecular flexibility index (Phi) is 8.23. The van der Waals surface area contributed by atoms with E-state index in [1.807, 2.05) is 25.1 Å². The van der Waals surface area contributed by atoms with Crippen LogP contribution in [0.25, 0.3) is 33.6 Å². The number of benzene rings is 1. The minimum absolute atomic E-state index is 0.805. The molecule has 5 aromatic rings. The third-order valence-corrected chi connectivity index (χ3v) is 8.05. The fourth-order valence-electron chi connectivity index (χ4n) is 4.89. The number of aromatic amines is 2. The minimum atomic E-state index is 0.805. The summed E-state index contributed by atoms with van der Waals surface area (Å²) in [4.78, 5) is 11.1. The number of nitrogens with one attached hydrogen (secondary N) is 2. The van der Waals surface area contributed by atoms with Gasteiger partial charge in [-0.25, -0.2) is 4.98 Å². The summed E-state index contributed by atoms with van der Waals surface area (Å²) in [6.45, 7) is 14.3. The van der Waals surface area contributed by atoms with Crippen LogP contribution in [0.5, 0.6) is 0 Å². The molecule has 2 N–H and O–H groups in total. The van der Waals surface area contributed by atoms with E-state index in [4.69, 9.17) is 4.98 Å². The van der Waals surface area contributed by atoms with Crippen molar-refractivity contribution in [3.05, 3.63) is 142 Å². The lowest BCUT2D eigenvalue weighted by Crippen LogP contribution is -1.92. The molecule has 4 nitrogen and oxygen atoms in total. The SMILES string of the molecule is C=C/C=C(/c1ccc(C)s1)c1cc(-c2n[nH]c3ccc(C(/C=C(\C=C)CCc4ccccc4)=C/C)nc23)[nH]c1C. The fourth-order valence-corrected chi connectivity index (χ4v) is 5.79. The molecule has 0 bridgehead atoms. The van der Waals surface area contributed by atoms with Crippen LogP contribution in [0.2, 0.25) is 0 Å². The molecule has 0 saturated heterocycles. The molecule has 0 atom stereocenters. The molecule has 0 fully saturated rings. The molecule has 5 heteroatoms. The average molecular weight is 543 g/mol. The zero-order chi connectivity index (χ0) is 28.1. The van der Waals surface area contributed by atoms with E-state index in [-0.39, 0.29) is 0 Å². The molecule has 5 rings (SSSR count). The Morgan fingerprint density at radius 2 is 1.85 bits per heavy atom. The van der Waals surface area contributed by atoms with Gasteiger partial charge in [-0.1, -0.05) is 67.8 Å². The monoisotopic (exact) mass is 542 g/mol. The molecule has 0 radical (unpaired) electrons. The van der Waals surface area contributed by atoms with Gasteiger partial charge < -0.3 is 4.98 Å². The van der Waals surface area contributed by atoms with Gasteiger partial charge in [-0.2, -0.15) is 5.10 Å². The van der Waals surface area contributed by atoms with Crippen LogP contribution in [0.4, 0.5) is 0 Å². The second-order valence-corrected chi connectivity index (χ2v) is 11.1. The van der Waals surface area contributed by atoms with Crippen LogP contribution in [0.3, 0.4) is 0 Å². The lowest BCUT2D eigenvalue weighted by Gasteiger charge is -2.07. The van der Waals surface area contributed by atoms with Crippen LogP contribution in [-0.4, -0.2) is 20.2 Å². The Labute approximate surface area is 240 Å². The van der Waals surface area contributed by atoms with Crippen LogP contribution in [0, 0.1) is 13.8 Å². The predicted molar refractivity (Wildman–Crippen MR) is 171 cm³/mol. The Morgan fingerprint density at radius 3 is 2.55 bits per heavy atom. The van der Waals surface area contributed by atoms with Crippen molar-refractivity contribution in [1.29, 1.82) is 0 Å². The Balaban J connectivity index is 1.48. The first kappa shape index (κ1) is 27.1. The van der Waals surface area contributed by atoms with Crippen molar-refractivity contribution < 1.29 is 0 Å². The number of pyridine rings is 1. The fraction of sp³-hybridized carbons (Fsp3) is 0.143. The highest BCUT2D eigenvalue weighted by atomic mass is 32.1. The molecule has 40 heavy (non-hydrogen) atoms. The van der Waals surface area contributed by atoms with Crippen molar-refractivity contribution in [2.75, 3.05) is 0 Å². The van der Waals surface area contributed by atoms with Gasteiger partial charge in [0.2, 0.25) is 0 Å². The zero-order valence-electron chi connectivity index (χ0n) is 23.3. The molecule has 200 valence electrons. The molecule has 0 aliphatic carbocycles. The molecular formula is C35H34N4S. The second kappa shape index (κ2) is 12.1. The van der Waals surface area contributed by atoms with E-state index in [1.54, 1.807) is 11.3 Å². The number of thiophene rings is 1. The lowest BCUT2D eigenvalue weighted by molar-refractivity contribution is 0.966. The van der Waals surface area contributed by atoms with Gasteiger partial charge in [0.25, 0.3) is 0 Å². The van der Waals surface area contributed by atoms with Crippen molar-refractivity contribution >= 4 is 33.5 Å². The van der Waals surface area contributed by atoms with Gasteiger partial charge in [-0.15, -0.1) is 11.3 Å². The summed E-state index contributed by atoms with van der Waals surface area (Å²) >= 11 is 1.78. The highest BCUT2D eigenvalue weighted by Crippen LogP contribution is 2.35. The van der Waals surface area contributed by atoms with Crippen LogP contribution >= 0.6 is 11.3 Å². The standard InChI is InChI=1S/C35H34N4S/c1-6-12-28(33-20-15-23(4)40-33)29-22-32(36-24(29)5)35-34-31(38-39-35)19-18-30(37-34)27(8-3)21-25(7-2)16-17-26-13-10-9-11-14-26/h6-15,18-22,36H,1-2,16-17H2,3-5H3,(H,38,39)/b25-21+,27-8+,28-12+. The molecule has 0 aliphatic heterocycles. The Hall–Kier alpha value is -4.48. The van der Waals surface area contributed by atoms with Crippen molar-refractivity contribution in [2.45, 2.75) is 33.6 Å². The van der Waals surface area contributed by atoms with Crippen molar-refractivity contribution in [1.82, 2.24) is 20.2 Å². The molecule has 0 unspecified atom stereocenters. The van der Waals surface area contributed by atoms with E-state index in [0.717, 1.165) is 63.4 Å². The minimum Gasteiger partial charge on any atom is -0.357 e. The number of rotatable bonds is 10. The van der Waals surface area contributed by atoms with Gasteiger partial charge in [0, 0.05) is 26.6 Å². The molecule has 0 aliphatic rings. The van der Waals surface area contributed by atoms with Gasteiger partial charge in [-0.3, -0.25) is 5.10 Å². The number of allylic oxidation sites excluding steroid dienone is 7. The molecule has 0 amide bonds. The Bertz CT molecular complexity index is 1760. The van der Waals surface area contributed by atoms with E-state index < -0.39 is 0 Å². The summed E-state index contributed by atoms with van der Waals surface area (Å²) < 4.78 is 0. The predicted octanol–water partition coefficient (Wildman–Crippen LogP) is 9.40. The van der Waals surface area contributed by atoms with E-state index in [9.17, 15) is 0 Å². The molecular weight excluding hydrogens is 508 g/mol. The largest absolute Gasteiger partial charge is 0.357 e. The quantitative estimate of drug-likeness (QED) is 0.173. The van der Waals surface area contributed by atoms with Gasteiger partial charge in [0.1, 0.15) is 11.2 Å². The summed E-state index contributed by atoms with van der Waals surface area (Å²) in [6.07, 6.45) is 12.0. The first-order valence-electron chi connectivity index (χ1n) is 13.5. The topological polar surface area (TPSA) is 57.4 Å². The number of aromatic nitrogens is 4. The number of H-pyrrole nitrogens is 2. The number of hydrogen-bond acceptors (Lipinski definition) is 3. The lowest BCUT2D eigenvalue weighted by atomic mass is 10.0. The van der Waals surface area contributed by atoms with Crippen LogP contribution < -0.4 is 0 Å². The average Bonchev–Trinajstić information content (AvgIpc) is 3.70. The number of hydrogen-bond donors (Lipinski definition) is 2. The maximum Gasteiger partial charge on any atom is 0.135 e. The number of fused-ring (bicyclic) bond motifs is 1. The maximum absolute atomic E-state index is 5.08. The summed E-state index contributed by atoms with van der Waals surface area (Å²) in [5.74, 6) is 0. The van der Waals surface area contributed by atoms with Crippen LogP contribution in [0.1, 0.15) is 45.6 Å². The van der Waals surface area contributed by atoms with E-state index >= 15 is 0 Å².